The molecule has 0 spiro atoms. The van der Waals surface area contributed by atoms with Crippen LogP contribution in [-0.4, -0.2) is 12.1 Å². The summed E-state index contributed by atoms with van der Waals surface area (Å²) in [5.41, 5.74) is 2.05. The molecule has 0 aliphatic heterocycles. The topological polar surface area (TPSA) is 22.1 Å². The third kappa shape index (κ3) is 1.60. The zero-order chi connectivity index (χ0) is 10.1. The molecule has 0 aliphatic rings. The third-order valence-corrected chi connectivity index (χ3v) is 2.53. The van der Waals surface area contributed by atoms with Gasteiger partial charge in [-0.1, -0.05) is 15.9 Å². The van der Waals surface area contributed by atoms with Gasteiger partial charge in [-0.25, -0.2) is 0 Å². The van der Waals surface area contributed by atoms with Crippen molar-refractivity contribution in [3.05, 3.63) is 34.4 Å². The van der Waals surface area contributed by atoms with E-state index in [1.165, 1.54) is 0 Å². The van der Waals surface area contributed by atoms with E-state index in [2.05, 4.69) is 27.0 Å². The van der Waals surface area contributed by atoms with Crippen molar-refractivity contribution in [3.8, 4) is 5.75 Å². The van der Waals surface area contributed by atoms with Gasteiger partial charge in [-0.15, -0.1) is 0 Å². The predicted molar refractivity (Wildman–Crippen MR) is 60.7 cm³/mol. The Morgan fingerprint density at radius 2 is 2.07 bits per heavy atom. The lowest BCUT2D eigenvalue weighted by molar-refractivity contribution is 0.418. The Morgan fingerprint density at radius 3 is 2.79 bits per heavy atom. The Kier molecular flexibility index (Phi) is 2.42. The zero-order valence-electron chi connectivity index (χ0n) is 8.04. The summed E-state index contributed by atoms with van der Waals surface area (Å²) in [6.45, 7) is 2.03. The molecule has 0 bridgehead atoms. The number of hydrogen-bond donors (Lipinski definition) is 0. The molecular formula is C11H10BrNO. The van der Waals surface area contributed by atoms with E-state index in [1.807, 2.05) is 25.3 Å². The molecule has 2 rings (SSSR count). The van der Waals surface area contributed by atoms with E-state index in [9.17, 15) is 0 Å². The van der Waals surface area contributed by atoms with Crippen LogP contribution in [0.5, 0.6) is 5.75 Å². The van der Waals surface area contributed by atoms with Gasteiger partial charge in [0.2, 0.25) is 0 Å². The first-order chi connectivity index (χ1) is 6.70. The number of hydrogen-bond acceptors (Lipinski definition) is 2. The normalized spacial score (nSPS) is 10.5. The minimum atomic E-state index is 0.800. The Morgan fingerprint density at radius 1 is 1.29 bits per heavy atom. The Balaban J connectivity index is 2.81. The molecule has 0 radical (unpaired) electrons. The average Bonchev–Trinajstić information content (AvgIpc) is 2.15. The van der Waals surface area contributed by atoms with Gasteiger partial charge in [0, 0.05) is 16.1 Å². The number of fused-ring (bicyclic) bond motifs is 1. The third-order valence-electron chi connectivity index (χ3n) is 2.07. The van der Waals surface area contributed by atoms with Crippen molar-refractivity contribution in [3.63, 3.8) is 0 Å². The van der Waals surface area contributed by atoms with Crippen LogP contribution >= 0.6 is 15.9 Å². The van der Waals surface area contributed by atoms with Crippen LogP contribution in [0, 0.1) is 6.92 Å². The van der Waals surface area contributed by atoms with E-state index in [4.69, 9.17) is 4.74 Å². The molecule has 0 amide bonds. The highest BCUT2D eigenvalue weighted by Gasteiger charge is 2.04. The number of aromatic nitrogens is 1. The smallest absolute Gasteiger partial charge is 0.146 e. The van der Waals surface area contributed by atoms with Crippen LogP contribution in [0.2, 0.25) is 0 Å². The lowest BCUT2D eigenvalue weighted by Gasteiger charge is -2.05. The van der Waals surface area contributed by atoms with Crippen molar-refractivity contribution in [2.45, 2.75) is 6.92 Å². The van der Waals surface area contributed by atoms with Gasteiger partial charge in [0.1, 0.15) is 11.3 Å². The summed E-state index contributed by atoms with van der Waals surface area (Å²) >= 11 is 3.44. The Labute approximate surface area is 91.0 Å². The summed E-state index contributed by atoms with van der Waals surface area (Å²) in [6.07, 6.45) is 1.85. The molecule has 0 N–H and O–H groups in total. The molecule has 0 fully saturated rings. The van der Waals surface area contributed by atoms with Gasteiger partial charge in [0.25, 0.3) is 0 Å². The summed E-state index contributed by atoms with van der Waals surface area (Å²) in [5.74, 6) is 0.800. The number of ether oxygens (including phenoxy) is 1. The van der Waals surface area contributed by atoms with Crippen LogP contribution in [0.3, 0.4) is 0 Å². The first kappa shape index (κ1) is 9.46. The van der Waals surface area contributed by atoms with E-state index in [1.54, 1.807) is 7.11 Å². The van der Waals surface area contributed by atoms with E-state index in [0.717, 1.165) is 26.7 Å². The van der Waals surface area contributed by atoms with Crippen molar-refractivity contribution >= 4 is 26.8 Å². The van der Waals surface area contributed by atoms with Crippen LogP contribution in [0.25, 0.3) is 10.9 Å². The van der Waals surface area contributed by atoms with Crippen LogP contribution in [0.15, 0.2) is 28.9 Å². The van der Waals surface area contributed by atoms with Gasteiger partial charge >= 0.3 is 0 Å². The van der Waals surface area contributed by atoms with E-state index in [0.29, 0.717) is 0 Å². The Bertz CT molecular complexity index is 477. The van der Waals surface area contributed by atoms with Crippen molar-refractivity contribution < 1.29 is 4.74 Å². The van der Waals surface area contributed by atoms with Crippen LogP contribution < -0.4 is 4.74 Å². The summed E-state index contributed by atoms with van der Waals surface area (Å²) in [5, 5.41) is 1.09. The van der Waals surface area contributed by atoms with Crippen molar-refractivity contribution in [1.82, 2.24) is 4.98 Å². The fourth-order valence-electron chi connectivity index (χ4n) is 1.45. The maximum atomic E-state index is 5.26. The first-order valence-electron chi connectivity index (χ1n) is 4.30. The molecule has 3 heteroatoms. The highest BCUT2D eigenvalue weighted by atomic mass is 79.9. The summed E-state index contributed by atoms with van der Waals surface area (Å²) in [4.78, 5) is 4.35. The van der Waals surface area contributed by atoms with Gasteiger partial charge in [0.05, 0.1) is 7.11 Å². The first-order valence-corrected chi connectivity index (χ1v) is 5.10. The number of benzene rings is 1. The van der Waals surface area contributed by atoms with Gasteiger partial charge in [-0.3, -0.25) is 4.98 Å². The van der Waals surface area contributed by atoms with Crippen LogP contribution in [0.1, 0.15) is 5.56 Å². The highest BCUT2D eigenvalue weighted by molar-refractivity contribution is 9.10. The average molecular weight is 252 g/mol. The van der Waals surface area contributed by atoms with Crippen molar-refractivity contribution in [2.75, 3.05) is 7.11 Å². The zero-order valence-corrected chi connectivity index (χ0v) is 9.63. The second-order valence-electron chi connectivity index (χ2n) is 3.19. The molecule has 0 saturated carbocycles. The fourth-order valence-corrected chi connectivity index (χ4v) is 1.90. The second kappa shape index (κ2) is 3.58. The van der Waals surface area contributed by atoms with Gasteiger partial charge in [0.15, 0.2) is 0 Å². The molecule has 0 aliphatic carbocycles. The number of methoxy groups -OCH3 is 1. The maximum Gasteiger partial charge on any atom is 0.146 e. The lowest BCUT2D eigenvalue weighted by Crippen LogP contribution is -1.88. The summed E-state index contributed by atoms with van der Waals surface area (Å²) in [6, 6.07) is 6.05. The molecule has 0 unspecified atom stereocenters. The molecule has 14 heavy (non-hydrogen) atoms. The van der Waals surface area contributed by atoms with E-state index < -0.39 is 0 Å². The highest BCUT2D eigenvalue weighted by Crippen LogP contribution is 2.28. The molecule has 0 saturated heterocycles. The fraction of sp³-hybridized carbons (Fsp3) is 0.182. The monoisotopic (exact) mass is 251 g/mol. The maximum absolute atomic E-state index is 5.26. The number of aryl methyl sites for hydroxylation is 1. The van der Waals surface area contributed by atoms with Crippen molar-refractivity contribution in [1.29, 1.82) is 0 Å². The van der Waals surface area contributed by atoms with Crippen LogP contribution in [0.4, 0.5) is 0 Å². The number of halogens is 1. The summed E-state index contributed by atoms with van der Waals surface area (Å²) in [7, 11) is 1.66. The number of rotatable bonds is 1. The standard InChI is InChI=1S/C11H10BrNO/c1-7-3-8-4-9(12)5-10(14-2)11(8)13-6-7/h3-6H,1-2H3. The SMILES string of the molecule is COc1cc(Br)cc2cc(C)cnc12. The molecule has 1 aromatic heterocycles. The van der Waals surface area contributed by atoms with Crippen LogP contribution in [-0.2, 0) is 0 Å². The predicted octanol–water partition coefficient (Wildman–Crippen LogP) is 3.31. The van der Waals surface area contributed by atoms with Gasteiger partial charge < -0.3 is 4.74 Å². The Hall–Kier alpha value is -1.09. The quantitative estimate of drug-likeness (QED) is 0.776. The van der Waals surface area contributed by atoms with Gasteiger partial charge in [-0.05, 0) is 30.7 Å². The molecule has 1 heterocycles. The molecule has 1 aromatic carbocycles. The molecule has 72 valence electrons. The second-order valence-corrected chi connectivity index (χ2v) is 4.11. The minimum Gasteiger partial charge on any atom is -0.494 e. The lowest BCUT2D eigenvalue weighted by atomic mass is 10.1. The molecular weight excluding hydrogens is 242 g/mol. The van der Waals surface area contributed by atoms with E-state index >= 15 is 0 Å². The largest absolute Gasteiger partial charge is 0.494 e. The number of nitrogens with zero attached hydrogens (tertiary/aromatic N) is 1. The molecule has 2 nitrogen and oxygen atoms in total. The minimum absolute atomic E-state index is 0.800. The van der Waals surface area contributed by atoms with Crippen molar-refractivity contribution in [2.24, 2.45) is 0 Å². The number of pyridine rings is 1. The van der Waals surface area contributed by atoms with Gasteiger partial charge in [-0.2, -0.15) is 0 Å². The van der Waals surface area contributed by atoms with E-state index in [-0.39, 0.29) is 0 Å². The summed E-state index contributed by atoms with van der Waals surface area (Å²) < 4.78 is 6.26. The molecule has 2 aromatic rings. The molecule has 0 atom stereocenters.